The molecule has 6 nitrogen and oxygen atoms in total. The zero-order chi connectivity index (χ0) is 14.1. The predicted molar refractivity (Wildman–Crippen MR) is 72.9 cm³/mol. The number of morpholine rings is 1. The van der Waals surface area contributed by atoms with Crippen molar-refractivity contribution in [1.29, 1.82) is 0 Å². The van der Waals surface area contributed by atoms with Gasteiger partial charge in [0, 0.05) is 25.4 Å². The molecule has 3 heterocycles. The van der Waals surface area contributed by atoms with Gasteiger partial charge in [0.2, 0.25) is 5.88 Å². The van der Waals surface area contributed by atoms with Crippen molar-refractivity contribution in [3.8, 4) is 5.88 Å². The normalized spacial score (nSPS) is 26.4. The van der Waals surface area contributed by atoms with Crippen LogP contribution in [-0.2, 0) is 4.74 Å². The van der Waals surface area contributed by atoms with Crippen LogP contribution in [0.1, 0.15) is 10.4 Å². The van der Waals surface area contributed by atoms with Crippen molar-refractivity contribution in [3.63, 3.8) is 0 Å². The fraction of sp³-hybridized carbons (Fsp3) is 0.571. The highest BCUT2D eigenvalue weighted by atomic mass is 16.5. The highest BCUT2D eigenvalue weighted by Crippen LogP contribution is 2.23. The van der Waals surface area contributed by atoms with Gasteiger partial charge in [-0.3, -0.25) is 4.79 Å². The van der Waals surface area contributed by atoms with E-state index in [0.717, 1.165) is 13.1 Å². The average molecular weight is 277 g/mol. The number of aromatic nitrogens is 1. The molecule has 0 spiro atoms. The molecular formula is C14H19N3O3. The van der Waals surface area contributed by atoms with Crippen LogP contribution < -0.4 is 4.74 Å². The molecule has 0 aromatic carbocycles. The molecule has 0 saturated carbocycles. The predicted octanol–water partition coefficient (Wildman–Crippen LogP) is 0.245. The molecule has 0 N–H and O–H groups in total. The molecule has 20 heavy (non-hydrogen) atoms. The number of ether oxygens (including phenoxy) is 2. The Hall–Kier alpha value is -1.66. The molecule has 2 aliphatic rings. The molecule has 108 valence electrons. The van der Waals surface area contributed by atoms with Crippen molar-refractivity contribution in [1.82, 2.24) is 14.8 Å². The zero-order valence-electron chi connectivity index (χ0n) is 11.8. The van der Waals surface area contributed by atoms with Crippen LogP contribution in [0.4, 0.5) is 0 Å². The van der Waals surface area contributed by atoms with Gasteiger partial charge < -0.3 is 19.3 Å². The summed E-state index contributed by atoms with van der Waals surface area (Å²) in [5.74, 6) is 0.551. The molecule has 2 atom stereocenters. The molecule has 3 rings (SSSR count). The van der Waals surface area contributed by atoms with Gasteiger partial charge in [-0.05, 0) is 13.1 Å². The lowest BCUT2D eigenvalue weighted by atomic mass is 10.0. The van der Waals surface area contributed by atoms with E-state index in [1.165, 1.54) is 0 Å². The molecule has 0 aliphatic carbocycles. The molecule has 1 aromatic rings. The lowest BCUT2D eigenvalue weighted by molar-refractivity contribution is -0.0748. The standard InChI is InChI=1S/C14H19N3O3/c1-16-6-11-8-20-9-12(7-16)17(11)14(18)10-3-4-13(19-2)15-5-10/h3-5,11-12H,6-9H2,1-2H3. The van der Waals surface area contributed by atoms with Crippen LogP contribution in [0.25, 0.3) is 0 Å². The SMILES string of the molecule is COc1ccc(C(=O)N2C3COCC2CN(C)C3)cn1. The van der Waals surface area contributed by atoms with Crippen LogP contribution >= 0.6 is 0 Å². The second kappa shape index (κ2) is 5.38. The number of fused-ring (bicyclic) bond motifs is 2. The van der Waals surface area contributed by atoms with Crippen molar-refractivity contribution in [2.75, 3.05) is 40.5 Å². The van der Waals surface area contributed by atoms with Crippen LogP contribution in [-0.4, -0.2) is 73.2 Å². The molecule has 2 unspecified atom stereocenters. The van der Waals surface area contributed by atoms with Gasteiger partial charge in [0.25, 0.3) is 5.91 Å². The van der Waals surface area contributed by atoms with Crippen molar-refractivity contribution >= 4 is 5.91 Å². The molecule has 6 heteroatoms. The van der Waals surface area contributed by atoms with Gasteiger partial charge in [-0.1, -0.05) is 0 Å². The van der Waals surface area contributed by atoms with Crippen molar-refractivity contribution in [2.24, 2.45) is 0 Å². The second-order valence-electron chi connectivity index (χ2n) is 5.37. The fourth-order valence-electron chi connectivity index (χ4n) is 2.98. The minimum Gasteiger partial charge on any atom is -0.481 e. The zero-order valence-corrected chi connectivity index (χ0v) is 11.8. The molecule has 2 saturated heterocycles. The number of piperazine rings is 1. The van der Waals surface area contributed by atoms with Gasteiger partial charge in [-0.15, -0.1) is 0 Å². The van der Waals surface area contributed by atoms with Gasteiger partial charge in [-0.2, -0.15) is 0 Å². The van der Waals surface area contributed by atoms with Crippen LogP contribution in [0.5, 0.6) is 5.88 Å². The summed E-state index contributed by atoms with van der Waals surface area (Å²) in [6.45, 7) is 2.92. The minimum atomic E-state index is 0.0338. The van der Waals surface area contributed by atoms with Crippen LogP contribution in [0.2, 0.25) is 0 Å². The van der Waals surface area contributed by atoms with E-state index in [0.29, 0.717) is 24.7 Å². The Morgan fingerprint density at radius 1 is 1.35 bits per heavy atom. The highest BCUT2D eigenvalue weighted by Gasteiger charge is 2.40. The third-order valence-electron chi connectivity index (χ3n) is 3.88. The second-order valence-corrected chi connectivity index (χ2v) is 5.37. The topological polar surface area (TPSA) is 54.9 Å². The lowest BCUT2D eigenvalue weighted by Crippen LogP contribution is -2.65. The Kier molecular flexibility index (Phi) is 3.58. The maximum absolute atomic E-state index is 12.7. The van der Waals surface area contributed by atoms with Gasteiger partial charge in [0.1, 0.15) is 0 Å². The van der Waals surface area contributed by atoms with Crippen molar-refractivity contribution in [3.05, 3.63) is 23.9 Å². The first kappa shape index (κ1) is 13.3. The third kappa shape index (κ3) is 2.36. The van der Waals surface area contributed by atoms with Crippen molar-refractivity contribution < 1.29 is 14.3 Å². The number of likely N-dealkylation sites (N-methyl/N-ethyl adjacent to an activating group) is 1. The molecule has 2 fully saturated rings. The summed E-state index contributed by atoms with van der Waals surface area (Å²) < 4.78 is 10.6. The van der Waals surface area contributed by atoms with Gasteiger partial charge in [-0.25, -0.2) is 4.98 Å². The Bertz CT molecular complexity index is 477. The first-order valence-electron chi connectivity index (χ1n) is 6.78. The molecule has 2 aliphatic heterocycles. The maximum atomic E-state index is 12.7. The average Bonchev–Trinajstić information content (AvgIpc) is 2.46. The summed E-state index contributed by atoms with van der Waals surface area (Å²) in [4.78, 5) is 21.0. The van der Waals surface area contributed by atoms with E-state index in [1.54, 1.807) is 25.4 Å². The van der Waals surface area contributed by atoms with E-state index in [9.17, 15) is 4.79 Å². The third-order valence-corrected chi connectivity index (χ3v) is 3.88. The van der Waals surface area contributed by atoms with E-state index < -0.39 is 0 Å². The molecule has 2 bridgehead atoms. The Morgan fingerprint density at radius 2 is 2.05 bits per heavy atom. The summed E-state index contributed by atoms with van der Waals surface area (Å²) >= 11 is 0. The largest absolute Gasteiger partial charge is 0.481 e. The monoisotopic (exact) mass is 277 g/mol. The number of hydrogen-bond acceptors (Lipinski definition) is 5. The molecule has 0 radical (unpaired) electrons. The summed E-state index contributed by atoms with van der Waals surface area (Å²) in [6.07, 6.45) is 1.58. The van der Waals surface area contributed by atoms with E-state index in [4.69, 9.17) is 9.47 Å². The first-order valence-corrected chi connectivity index (χ1v) is 6.78. The Labute approximate surface area is 118 Å². The summed E-state index contributed by atoms with van der Waals surface area (Å²) in [5.41, 5.74) is 0.604. The summed E-state index contributed by atoms with van der Waals surface area (Å²) in [6, 6.07) is 3.74. The smallest absolute Gasteiger partial charge is 0.256 e. The van der Waals surface area contributed by atoms with E-state index >= 15 is 0 Å². The lowest BCUT2D eigenvalue weighted by Gasteiger charge is -2.48. The van der Waals surface area contributed by atoms with Crippen LogP contribution in [0.3, 0.4) is 0 Å². The molecule has 1 amide bonds. The summed E-state index contributed by atoms with van der Waals surface area (Å²) in [7, 11) is 3.65. The quantitative estimate of drug-likeness (QED) is 0.775. The maximum Gasteiger partial charge on any atom is 0.256 e. The summed E-state index contributed by atoms with van der Waals surface area (Å²) in [5, 5.41) is 0. The van der Waals surface area contributed by atoms with E-state index in [1.807, 2.05) is 4.90 Å². The fourth-order valence-corrected chi connectivity index (χ4v) is 2.98. The highest BCUT2D eigenvalue weighted by molar-refractivity contribution is 5.94. The number of carbonyl (C=O) groups excluding carboxylic acids is 1. The number of nitrogens with zero attached hydrogens (tertiary/aromatic N) is 3. The van der Waals surface area contributed by atoms with E-state index in [-0.39, 0.29) is 18.0 Å². The van der Waals surface area contributed by atoms with Gasteiger partial charge >= 0.3 is 0 Å². The van der Waals surface area contributed by atoms with Crippen LogP contribution in [0.15, 0.2) is 18.3 Å². The van der Waals surface area contributed by atoms with Crippen molar-refractivity contribution in [2.45, 2.75) is 12.1 Å². The van der Waals surface area contributed by atoms with E-state index in [2.05, 4.69) is 16.9 Å². The Balaban J connectivity index is 1.81. The number of pyridine rings is 1. The first-order chi connectivity index (χ1) is 9.69. The number of hydrogen-bond donors (Lipinski definition) is 0. The number of amides is 1. The number of methoxy groups -OCH3 is 1. The molecule has 1 aromatic heterocycles. The minimum absolute atomic E-state index is 0.0338. The number of rotatable bonds is 2. The van der Waals surface area contributed by atoms with Gasteiger partial charge in [0.05, 0.1) is 38.0 Å². The molecular weight excluding hydrogens is 258 g/mol. The van der Waals surface area contributed by atoms with Gasteiger partial charge in [0.15, 0.2) is 0 Å². The van der Waals surface area contributed by atoms with Crippen LogP contribution in [0, 0.1) is 0 Å². The number of carbonyl (C=O) groups is 1. The Morgan fingerprint density at radius 3 is 2.60 bits per heavy atom.